The third kappa shape index (κ3) is 7.43. The number of ether oxygens (including phenoxy) is 3. The Bertz CT molecular complexity index is 1190. The number of aliphatic hydroxyl groups is 4. The van der Waals surface area contributed by atoms with Crippen LogP contribution in [0.3, 0.4) is 0 Å². The Morgan fingerprint density at radius 2 is 1.71 bits per heavy atom. The predicted octanol–water partition coefficient (Wildman–Crippen LogP) is 2.19. The third-order valence-corrected chi connectivity index (χ3v) is 12.5. The normalized spacial score (nSPS) is 37.3. The second-order valence-corrected chi connectivity index (χ2v) is 15.7. The molecule has 14 unspecified atom stereocenters. The Kier molecular flexibility index (Phi) is 12.3. The first-order chi connectivity index (χ1) is 20.7. The van der Waals surface area contributed by atoms with E-state index in [0.717, 1.165) is 0 Å². The van der Waals surface area contributed by atoms with Gasteiger partial charge in [-0.15, -0.1) is 18.5 Å². The van der Waals surface area contributed by atoms with Crippen LogP contribution in [0.5, 0.6) is 0 Å². The van der Waals surface area contributed by atoms with Crippen molar-refractivity contribution in [3.05, 3.63) is 11.1 Å². The molecular weight excluding hydrogens is 645 g/mol. The second kappa shape index (κ2) is 14.5. The molecule has 5 N–H and O–H groups in total. The summed E-state index contributed by atoms with van der Waals surface area (Å²) in [6.45, 7) is 8.48. The highest BCUT2D eigenvalue weighted by Gasteiger charge is 2.68. The summed E-state index contributed by atoms with van der Waals surface area (Å²) in [7, 11) is 6.73. The number of hydrogen-bond acceptors (Lipinski definition) is 11. The minimum atomic E-state index is -1.93. The van der Waals surface area contributed by atoms with Gasteiger partial charge in [0.1, 0.15) is 17.8 Å². The molecule has 15 heteroatoms. The van der Waals surface area contributed by atoms with Crippen LogP contribution in [0.25, 0.3) is 0 Å². The van der Waals surface area contributed by atoms with Crippen molar-refractivity contribution < 1.29 is 58.9 Å². The van der Waals surface area contributed by atoms with Crippen LogP contribution >= 0.6 is 27.7 Å². The lowest BCUT2D eigenvalue weighted by Gasteiger charge is -2.63. The number of rotatable bonds is 10. The second-order valence-electron chi connectivity index (χ2n) is 13.6. The van der Waals surface area contributed by atoms with Gasteiger partial charge in [0.15, 0.2) is 6.10 Å². The van der Waals surface area contributed by atoms with Crippen LogP contribution in [0.15, 0.2) is 11.1 Å². The number of aliphatic carboxylic acids is 1. The van der Waals surface area contributed by atoms with Gasteiger partial charge in [0.25, 0.3) is 0 Å². The molecule has 2 fully saturated rings. The van der Waals surface area contributed by atoms with Crippen LogP contribution < -0.4 is 0 Å². The molecule has 256 valence electrons. The summed E-state index contributed by atoms with van der Waals surface area (Å²) < 4.78 is 16.8. The number of carbonyl (C=O) groups is 4. The van der Waals surface area contributed by atoms with Crippen molar-refractivity contribution in [3.63, 3.8) is 0 Å². The van der Waals surface area contributed by atoms with E-state index in [4.69, 9.17) is 19.3 Å². The topological polar surface area (TPSA) is 197 Å². The Labute approximate surface area is 271 Å². The van der Waals surface area contributed by atoms with E-state index in [1.807, 2.05) is 16.2 Å². The van der Waals surface area contributed by atoms with Gasteiger partial charge in [0.05, 0.1) is 25.2 Å². The highest BCUT2D eigenvalue weighted by atomic mass is 31.0. The maximum atomic E-state index is 13.1. The summed E-state index contributed by atoms with van der Waals surface area (Å²) in [6.07, 6.45) is -5.19. The van der Waals surface area contributed by atoms with Gasteiger partial charge < -0.3 is 39.7 Å². The number of hydrogen-bond donors (Lipinski definition) is 5. The maximum Gasteiger partial charge on any atom is 0.336 e. The van der Waals surface area contributed by atoms with Gasteiger partial charge in [-0.25, -0.2) is 9.59 Å². The van der Waals surface area contributed by atoms with Gasteiger partial charge in [0.2, 0.25) is 0 Å². The fourth-order valence-corrected chi connectivity index (χ4v) is 9.09. The molecule has 14 atom stereocenters. The third-order valence-electron chi connectivity index (χ3n) is 10.6. The summed E-state index contributed by atoms with van der Waals surface area (Å²) in [4.78, 5) is 48.1. The molecule has 3 aliphatic rings. The Morgan fingerprint density at radius 3 is 2.27 bits per heavy atom. The maximum absolute atomic E-state index is 13.1. The monoisotopic (exact) mass is 694 g/mol. The predicted molar refractivity (Wildman–Crippen MR) is 173 cm³/mol. The van der Waals surface area contributed by atoms with Gasteiger partial charge in [0, 0.05) is 41.4 Å². The fourth-order valence-electron chi connectivity index (χ4n) is 7.92. The van der Waals surface area contributed by atoms with Gasteiger partial charge in [-0.3, -0.25) is 9.59 Å². The highest BCUT2D eigenvalue weighted by molar-refractivity contribution is 7.39. The molecule has 0 aromatic carbocycles. The SMILES string of the molecule is CC(=O)OCCCC1CC(O)C2(C)C(P)C(O)C3=C(C)C(OC(=O)C(O)C(P)CC(=O)O)CC(O)(C(OC(=O)P)C2C1)C3(C)C. The van der Waals surface area contributed by atoms with E-state index in [9.17, 15) is 39.6 Å². The molecule has 0 radical (unpaired) electrons. The summed E-state index contributed by atoms with van der Waals surface area (Å²) in [5.74, 6) is -3.45. The van der Waals surface area contributed by atoms with Crippen molar-refractivity contribution in [1.29, 1.82) is 0 Å². The molecule has 2 bridgehead atoms. The van der Waals surface area contributed by atoms with Crippen LogP contribution in [0.4, 0.5) is 4.79 Å². The zero-order chi connectivity index (χ0) is 34.2. The quantitative estimate of drug-likeness (QED) is 0.0736. The molecule has 3 aliphatic carbocycles. The van der Waals surface area contributed by atoms with E-state index >= 15 is 0 Å². The standard InChI is InChI=1S/C30H49O12P3/c1-13-17(41-26(37)22(35)18(43)11-20(33)34)12-30(39)24(42-27(38)45)16-9-15(7-6-8-40-14(2)31)10-19(32)29(16,5)25(44)23(36)21(13)28(30,3)4/h15-19,22-25,32,35-36,39H,6-12,43-45H2,1-5H3,(H,33,34). The van der Waals surface area contributed by atoms with Crippen molar-refractivity contribution in [2.45, 2.75) is 121 Å². The zero-order valence-corrected chi connectivity index (χ0v) is 29.9. The van der Waals surface area contributed by atoms with Crippen molar-refractivity contribution in [2.24, 2.45) is 22.7 Å². The molecule has 0 amide bonds. The lowest BCUT2D eigenvalue weighted by Crippen LogP contribution is -2.71. The summed E-state index contributed by atoms with van der Waals surface area (Å²) >= 11 is 0. The van der Waals surface area contributed by atoms with E-state index in [1.165, 1.54) is 6.92 Å². The number of esters is 2. The molecule has 0 aliphatic heterocycles. The summed E-state index contributed by atoms with van der Waals surface area (Å²) in [6, 6.07) is 0. The van der Waals surface area contributed by atoms with Crippen molar-refractivity contribution in [3.8, 4) is 0 Å². The first-order valence-corrected chi connectivity index (χ1v) is 17.1. The van der Waals surface area contributed by atoms with Gasteiger partial charge in [-0.2, -0.15) is 0 Å². The average molecular weight is 695 g/mol. The molecule has 0 heterocycles. The van der Waals surface area contributed by atoms with Crippen molar-refractivity contribution in [2.75, 3.05) is 6.61 Å². The largest absolute Gasteiger partial charge is 0.481 e. The van der Waals surface area contributed by atoms with E-state index in [-0.39, 0.29) is 18.9 Å². The smallest absolute Gasteiger partial charge is 0.336 e. The lowest BCUT2D eigenvalue weighted by atomic mass is 9.47. The Morgan fingerprint density at radius 1 is 1.09 bits per heavy atom. The lowest BCUT2D eigenvalue weighted by molar-refractivity contribution is -0.226. The first kappa shape index (κ1) is 38.2. The van der Waals surface area contributed by atoms with Crippen molar-refractivity contribution >= 4 is 51.3 Å². The summed E-state index contributed by atoms with van der Waals surface area (Å²) in [5.41, 5.74) is -5.87. The molecule has 0 aromatic rings. The number of aliphatic hydroxyl groups excluding tert-OH is 3. The molecular formula is C30H49O12P3. The fraction of sp³-hybridized carbons (Fsp3) is 0.800. The van der Waals surface area contributed by atoms with Gasteiger partial charge in [-0.1, -0.05) is 20.8 Å². The van der Waals surface area contributed by atoms with E-state index in [1.54, 1.807) is 20.8 Å². The Hall–Kier alpha value is -1.25. The molecule has 3 rings (SSSR count). The van der Waals surface area contributed by atoms with Gasteiger partial charge in [-0.05, 0) is 58.9 Å². The number of carboxylic acid groups (broad SMARTS) is 1. The van der Waals surface area contributed by atoms with Gasteiger partial charge >= 0.3 is 23.6 Å². The van der Waals surface area contributed by atoms with Crippen LogP contribution in [0, 0.1) is 22.7 Å². The molecule has 2 saturated carbocycles. The molecule has 0 spiro atoms. The Balaban J connectivity index is 2.12. The molecule has 12 nitrogen and oxygen atoms in total. The average Bonchev–Trinajstić information content (AvgIpc) is 2.92. The van der Waals surface area contributed by atoms with Crippen LogP contribution in [-0.2, 0) is 28.6 Å². The minimum Gasteiger partial charge on any atom is -0.481 e. The van der Waals surface area contributed by atoms with Crippen LogP contribution in [0.2, 0.25) is 0 Å². The molecule has 45 heavy (non-hydrogen) atoms. The number of carbonyl (C=O) groups excluding carboxylic acids is 3. The van der Waals surface area contributed by atoms with E-state index < -0.39 is 94.2 Å². The number of fused-ring (bicyclic) bond motifs is 3. The van der Waals surface area contributed by atoms with Crippen LogP contribution in [-0.4, -0.2) is 103 Å². The van der Waals surface area contributed by atoms with Crippen molar-refractivity contribution in [1.82, 2.24) is 0 Å². The van der Waals surface area contributed by atoms with Crippen LogP contribution in [0.1, 0.15) is 73.1 Å². The molecule has 0 saturated heterocycles. The minimum absolute atomic E-state index is 0.0860. The highest BCUT2D eigenvalue weighted by Crippen LogP contribution is 2.62. The molecule has 0 aromatic heterocycles. The van der Waals surface area contributed by atoms with E-state index in [2.05, 4.69) is 18.5 Å². The summed E-state index contributed by atoms with van der Waals surface area (Å²) in [5, 5.41) is 56.2. The van der Waals surface area contributed by atoms with E-state index in [0.29, 0.717) is 36.8 Å². The first-order valence-electron chi connectivity index (χ1n) is 15.2. The zero-order valence-electron chi connectivity index (χ0n) is 26.5. The number of carboxylic acids is 1.